The van der Waals surface area contributed by atoms with Crippen molar-refractivity contribution in [1.82, 2.24) is 10.4 Å². The number of nitrogens with zero attached hydrogens (tertiary/aromatic N) is 1. The fourth-order valence-corrected chi connectivity index (χ4v) is 2.46. The Hall–Kier alpha value is -1.43. The Bertz CT molecular complexity index is 604. The molecule has 1 heterocycles. The minimum absolute atomic E-state index is 0.125. The van der Waals surface area contributed by atoms with Crippen LogP contribution in [-0.4, -0.2) is 11.6 Å². The van der Waals surface area contributed by atoms with Crippen molar-refractivity contribution in [1.29, 1.82) is 0 Å². The van der Waals surface area contributed by atoms with Crippen LogP contribution in [0.1, 0.15) is 36.1 Å². The topological polar surface area (TPSA) is 60.2 Å². The third-order valence-corrected chi connectivity index (χ3v) is 4.09. The summed E-state index contributed by atoms with van der Waals surface area (Å²) in [5.41, 5.74) is 6.08. The summed E-state index contributed by atoms with van der Waals surface area (Å²) in [6, 6.07) is 8.04. The minimum Gasteiger partial charge on any atom is -0.492 e. The van der Waals surface area contributed by atoms with Crippen LogP contribution < -0.4 is 16.0 Å². The predicted molar refractivity (Wildman–Crippen MR) is 88.1 cm³/mol. The van der Waals surface area contributed by atoms with Gasteiger partial charge in [-0.1, -0.05) is 35.0 Å². The summed E-state index contributed by atoms with van der Waals surface area (Å²) in [5, 5.41) is 0. The zero-order valence-electron chi connectivity index (χ0n) is 12.3. The molecule has 0 radical (unpaired) electrons. The lowest BCUT2D eigenvalue weighted by atomic mass is 10.00. The molecule has 0 fully saturated rings. The maximum absolute atomic E-state index is 5.74. The fraction of sp³-hybridized carbons (Fsp3) is 0.312. The maximum Gasteiger partial charge on any atom is 0.137 e. The Balaban J connectivity index is 2.30. The molecule has 2 aromatic rings. The standard InChI is InChI=1S/C16H20BrN3O/c1-3-6-21-14-7-13(9-19-10-14)16(20-18)12-5-4-11(2)15(17)8-12/h4-5,7-10,16,20H,3,6,18H2,1-2H3. The summed E-state index contributed by atoms with van der Waals surface area (Å²) >= 11 is 3.56. The molecule has 1 aromatic carbocycles. The van der Waals surface area contributed by atoms with Crippen LogP contribution in [0.25, 0.3) is 0 Å². The molecule has 1 atom stereocenters. The van der Waals surface area contributed by atoms with Crippen molar-refractivity contribution in [2.24, 2.45) is 5.84 Å². The second-order valence-corrected chi connectivity index (χ2v) is 5.77. The van der Waals surface area contributed by atoms with Crippen molar-refractivity contribution >= 4 is 15.9 Å². The summed E-state index contributed by atoms with van der Waals surface area (Å²) in [7, 11) is 0. The molecule has 0 saturated heterocycles. The molecule has 3 N–H and O–H groups in total. The lowest BCUT2D eigenvalue weighted by molar-refractivity contribution is 0.315. The van der Waals surface area contributed by atoms with Crippen molar-refractivity contribution in [3.05, 3.63) is 57.8 Å². The van der Waals surface area contributed by atoms with Gasteiger partial charge in [0.1, 0.15) is 5.75 Å². The van der Waals surface area contributed by atoms with Gasteiger partial charge in [0, 0.05) is 10.7 Å². The number of hydrogen-bond acceptors (Lipinski definition) is 4. The van der Waals surface area contributed by atoms with Gasteiger partial charge in [-0.05, 0) is 42.2 Å². The number of hydrazine groups is 1. The largest absolute Gasteiger partial charge is 0.492 e. The Morgan fingerprint density at radius 1 is 1.29 bits per heavy atom. The Kier molecular flexibility index (Phi) is 5.73. The highest BCUT2D eigenvalue weighted by Gasteiger charge is 2.14. The number of pyridine rings is 1. The lowest BCUT2D eigenvalue weighted by Crippen LogP contribution is -2.29. The third kappa shape index (κ3) is 4.03. The Morgan fingerprint density at radius 3 is 2.76 bits per heavy atom. The smallest absolute Gasteiger partial charge is 0.137 e. The molecule has 112 valence electrons. The average Bonchev–Trinajstić information content (AvgIpc) is 2.50. The number of rotatable bonds is 6. The van der Waals surface area contributed by atoms with Gasteiger partial charge >= 0.3 is 0 Å². The summed E-state index contributed by atoms with van der Waals surface area (Å²) in [6.45, 7) is 4.81. The second-order valence-electron chi connectivity index (χ2n) is 4.91. The van der Waals surface area contributed by atoms with Crippen LogP contribution in [-0.2, 0) is 0 Å². The van der Waals surface area contributed by atoms with Gasteiger partial charge in [0.05, 0.1) is 18.8 Å². The van der Waals surface area contributed by atoms with E-state index in [-0.39, 0.29) is 6.04 Å². The quantitative estimate of drug-likeness (QED) is 0.618. The molecule has 1 unspecified atom stereocenters. The van der Waals surface area contributed by atoms with Gasteiger partial charge in [-0.3, -0.25) is 10.8 Å². The normalized spacial score (nSPS) is 12.2. The van der Waals surface area contributed by atoms with Crippen LogP contribution in [0.4, 0.5) is 0 Å². The molecule has 0 aliphatic carbocycles. The van der Waals surface area contributed by atoms with Crippen LogP contribution in [0.2, 0.25) is 0 Å². The number of benzene rings is 1. The van der Waals surface area contributed by atoms with Gasteiger partial charge in [0.15, 0.2) is 0 Å². The maximum atomic E-state index is 5.74. The summed E-state index contributed by atoms with van der Waals surface area (Å²) in [5.74, 6) is 6.51. The molecule has 0 bridgehead atoms. The molecule has 0 spiro atoms. The first-order chi connectivity index (χ1) is 10.2. The highest BCUT2D eigenvalue weighted by molar-refractivity contribution is 9.10. The monoisotopic (exact) mass is 349 g/mol. The first-order valence-electron chi connectivity index (χ1n) is 6.95. The Labute approximate surface area is 133 Å². The third-order valence-electron chi connectivity index (χ3n) is 3.24. The molecule has 0 aliphatic heterocycles. The van der Waals surface area contributed by atoms with E-state index < -0.39 is 0 Å². The van der Waals surface area contributed by atoms with E-state index in [0.717, 1.165) is 27.8 Å². The molecular formula is C16H20BrN3O. The van der Waals surface area contributed by atoms with E-state index in [9.17, 15) is 0 Å². The van der Waals surface area contributed by atoms with E-state index in [4.69, 9.17) is 10.6 Å². The highest BCUT2D eigenvalue weighted by Crippen LogP contribution is 2.27. The predicted octanol–water partition coefficient (Wildman–Crippen LogP) is 3.49. The zero-order chi connectivity index (χ0) is 15.2. The van der Waals surface area contributed by atoms with Crippen LogP contribution in [0.3, 0.4) is 0 Å². The van der Waals surface area contributed by atoms with E-state index in [1.807, 2.05) is 6.07 Å². The van der Waals surface area contributed by atoms with Crippen LogP contribution in [0, 0.1) is 6.92 Å². The van der Waals surface area contributed by atoms with E-state index in [1.54, 1.807) is 12.4 Å². The SMILES string of the molecule is CCCOc1cncc(C(NN)c2ccc(C)c(Br)c2)c1. The van der Waals surface area contributed by atoms with E-state index in [0.29, 0.717) is 6.61 Å². The van der Waals surface area contributed by atoms with E-state index in [2.05, 4.69) is 58.4 Å². The van der Waals surface area contributed by atoms with Crippen molar-refractivity contribution in [3.63, 3.8) is 0 Å². The van der Waals surface area contributed by atoms with Gasteiger partial charge in [0.2, 0.25) is 0 Å². The average molecular weight is 350 g/mol. The molecule has 0 saturated carbocycles. The van der Waals surface area contributed by atoms with Gasteiger partial charge in [-0.25, -0.2) is 5.43 Å². The number of aryl methyl sites for hydroxylation is 1. The minimum atomic E-state index is -0.125. The first kappa shape index (κ1) is 15.9. The second kappa shape index (κ2) is 7.54. The number of aromatic nitrogens is 1. The van der Waals surface area contributed by atoms with Crippen molar-refractivity contribution < 1.29 is 4.74 Å². The highest BCUT2D eigenvalue weighted by atomic mass is 79.9. The van der Waals surface area contributed by atoms with Crippen LogP contribution in [0.5, 0.6) is 5.75 Å². The van der Waals surface area contributed by atoms with Gasteiger partial charge in [-0.2, -0.15) is 0 Å². The van der Waals surface area contributed by atoms with Crippen molar-refractivity contribution in [3.8, 4) is 5.75 Å². The fourth-order valence-electron chi connectivity index (χ4n) is 2.07. The van der Waals surface area contributed by atoms with Crippen LogP contribution in [0.15, 0.2) is 41.1 Å². The molecule has 5 heteroatoms. The Morgan fingerprint density at radius 2 is 2.10 bits per heavy atom. The van der Waals surface area contributed by atoms with Crippen molar-refractivity contribution in [2.75, 3.05) is 6.61 Å². The summed E-state index contributed by atoms with van der Waals surface area (Å²) in [4.78, 5) is 4.24. The molecular weight excluding hydrogens is 330 g/mol. The van der Waals surface area contributed by atoms with Gasteiger partial charge in [0.25, 0.3) is 0 Å². The zero-order valence-corrected chi connectivity index (χ0v) is 13.9. The number of halogens is 1. The number of nitrogens with two attached hydrogens (primary N) is 1. The molecule has 1 aromatic heterocycles. The molecule has 4 nitrogen and oxygen atoms in total. The van der Waals surface area contributed by atoms with E-state index in [1.165, 1.54) is 5.56 Å². The molecule has 0 aliphatic rings. The number of nitrogens with one attached hydrogen (secondary N) is 1. The lowest BCUT2D eigenvalue weighted by Gasteiger charge is -2.18. The number of hydrogen-bond donors (Lipinski definition) is 2. The summed E-state index contributed by atoms with van der Waals surface area (Å²) in [6.07, 6.45) is 4.49. The van der Waals surface area contributed by atoms with Crippen LogP contribution >= 0.6 is 15.9 Å². The van der Waals surface area contributed by atoms with Crippen molar-refractivity contribution in [2.45, 2.75) is 26.3 Å². The molecule has 21 heavy (non-hydrogen) atoms. The first-order valence-corrected chi connectivity index (χ1v) is 7.75. The van der Waals surface area contributed by atoms with Gasteiger partial charge < -0.3 is 4.74 Å². The molecule has 2 rings (SSSR count). The number of ether oxygens (including phenoxy) is 1. The van der Waals surface area contributed by atoms with E-state index >= 15 is 0 Å². The molecule has 0 amide bonds. The van der Waals surface area contributed by atoms with Gasteiger partial charge in [-0.15, -0.1) is 0 Å². The summed E-state index contributed by atoms with van der Waals surface area (Å²) < 4.78 is 6.69.